The number of allylic oxidation sites excluding steroid dienone is 30. The van der Waals surface area contributed by atoms with Gasteiger partial charge in [-0.1, -0.05) is 441 Å². The molecule has 0 aliphatic carbocycles. The Morgan fingerprint density at radius 1 is 0.220 bits per heavy atom. The van der Waals surface area contributed by atoms with Crippen molar-refractivity contribution in [3.05, 3.63) is 182 Å². The van der Waals surface area contributed by atoms with Crippen LogP contribution in [-0.4, -0.2) is 95.9 Å². The van der Waals surface area contributed by atoms with Gasteiger partial charge in [-0.25, -0.2) is 9.13 Å². The first-order chi connectivity index (χ1) is 62.2. The van der Waals surface area contributed by atoms with Crippen LogP contribution >= 0.6 is 15.6 Å². The second kappa shape index (κ2) is 99.7. The van der Waals surface area contributed by atoms with Gasteiger partial charge in [-0.2, -0.15) is 0 Å². The third-order valence-electron chi connectivity index (χ3n) is 21.6. The molecule has 728 valence electrons. The Labute approximate surface area is 776 Å². The van der Waals surface area contributed by atoms with Gasteiger partial charge in [0.25, 0.3) is 0 Å². The minimum atomic E-state index is -4.95. The van der Waals surface area contributed by atoms with E-state index in [2.05, 4.69) is 203 Å². The third kappa shape index (κ3) is 101. The van der Waals surface area contributed by atoms with Crippen molar-refractivity contribution in [2.75, 3.05) is 39.6 Å². The lowest BCUT2D eigenvalue weighted by Gasteiger charge is -2.21. The minimum Gasteiger partial charge on any atom is -0.463 e. The van der Waals surface area contributed by atoms with Crippen LogP contribution in [0.1, 0.15) is 432 Å². The summed E-state index contributed by atoms with van der Waals surface area (Å²) in [6.07, 6.45) is 132. The maximum absolute atomic E-state index is 13.1. The van der Waals surface area contributed by atoms with E-state index in [0.717, 1.165) is 167 Å². The molecule has 0 aromatic heterocycles. The molecule has 5 unspecified atom stereocenters. The molecule has 0 rings (SSSR count). The average Bonchev–Trinajstić information content (AvgIpc) is 0.899. The summed E-state index contributed by atoms with van der Waals surface area (Å²) in [6, 6.07) is 0. The summed E-state index contributed by atoms with van der Waals surface area (Å²) in [7, 11) is -9.82. The molecular formula is C109H186O16P2. The number of phosphoric ester groups is 2. The van der Waals surface area contributed by atoms with Gasteiger partial charge in [-0.05, 0) is 154 Å². The number of hydrogen-bond acceptors (Lipinski definition) is 14. The predicted molar refractivity (Wildman–Crippen MR) is 537 cm³/mol. The zero-order chi connectivity index (χ0) is 92.1. The number of esters is 3. The van der Waals surface area contributed by atoms with Crippen LogP contribution in [0.15, 0.2) is 182 Å². The minimum absolute atomic E-state index is 0.0941. The molecule has 127 heavy (non-hydrogen) atoms. The van der Waals surface area contributed by atoms with Gasteiger partial charge in [-0.3, -0.25) is 32.5 Å². The number of unbranched alkanes of at least 4 members (excludes halogenated alkanes) is 43. The van der Waals surface area contributed by atoms with Crippen molar-refractivity contribution in [3.63, 3.8) is 0 Å². The van der Waals surface area contributed by atoms with Gasteiger partial charge >= 0.3 is 33.6 Å². The summed E-state index contributed by atoms with van der Waals surface area (Å²) in [5.41, 5.74) is 0. The number of aliphatic hydroxyl groups is 2. The Kier molecular flexibility index (Phi) is 95.5. The lowest BCUT2D eigenvalue weighted by atomic mass is 10.0. The highest BCUT2D eigenvalue weighted by atomic mass is 31.2. The number of phosphoric acid groups is 2. The molecule has 0 bridgehead atoms. The summed E-state index contributed by atoms with van der Waals surface area (Å²) in [4.78, 5) is 59.2. The van der Waals surface area contributed by atoms with Gasteiger partial charge in [0.2, 0.25) is 0 Å². The van der Waals surface area contributed by atoms with E-state index < -0.39 is 91.5 Å². The first-order valence-corrected chi connectivity index (χ1v) is 54.1. The highest BCUT2D eigenvalue weighted by Crippen LogP contribution is 2.45. The fourth-order valence-electron chi connectivity index (χ4n) is 14.0. The van der Waals surface area contributed by atoms with Crippen LogP contribution in [0, 0.1) is 0 Å². The van der Waals surface area contributed by atoms with Gasteiger partial charge in [0.1, 0.15) is 25.4 Å². The lowest BCUT2D eigenvalue weighted by Crippen LogP contribution is -2.30. The van der Waals surface area contributed by atoms with E-state index in [-0.39, 0.29) is 19.3 Å². The first-order valence-electron chi connectivity index (χ1n) is 51.1. The van der Waals surface area contributed by atoms with Crippen LogP contribution in [0.2, 0.25) is 0 Å². The van der Waals surface area contributed by atoms with Crippen molar-refractivity contribution < 1.29 is 75.8 Å². The van der Waals surface area contributed by atoms with Gasteiger partial charge in [-0.15, -0.1) is 0 Å². The molecule has 0 radical (unpaired) electrons. The second-order valence-electron chi connectivity index (χ2n) is 33.8. The Balaban J connectivity index is 4.58. The molecule has 0 aliphatic heterocycles. The van der Waals surface area contributed by atoms with Crippen molar-refractivity contribution in [3.8, 4) is 0 Å². The van der Waals surface area contributed by atoms with Gasteiger partial charge in [0.15, 0.2) is 6.10 Å². The highest BCUT2D eigenvalue weighted by molar-refractivity contribution is 7.47. The molecule has 0 spiro atoms. The van der Waals surface area contributed by atoms with E-state index in [0.29, 0.717) is 19.3 Å². The fourth-order valence-corrected chi connectivity index (χ4v) is 15.6. The van der Waals surface area contributed by atoms with Crippen LogP contribution in [0.5, 0.6) is 0 Å². The first kappa shape index (κ1) is 122. The van der Waals surface area contributed by atoms with Crippen molar-refractivity contribution >= 4 is 33.6 Å². The van der Waals surface area contributed by atoms with Crippen molar-refractivity contribution in [2.45, 2.75) is 450 Å². The largest absolute Gasteiger partial charge is 0.472 e. The molecule has 0 aliphatic rings. The van der Waals surface area contributed by atoms with Crippen molar-refractivity contribution in [2.24, 2.45) is 0 Å². The number of rotatable bonds is 96. The summed E-state index contributed by atoms with van der Waals surface area (Å²) in [5.74, 6) is -1.57. The zero-order valence-electron chi connectivity index (χ0n) is 80.6. The van der Waals surface area contributed by atoms with E-state index in [1.54, 1.807) is 0 Å². The van der Waals surface area contributed by atoms with E-state index >= 15 is 0 Å². The van der Waals surface area contributed by atoms with Crippen molar-refractivity contribution in [1.82, 2.24) is 0 Å². The number of hydrogen-bond donors (Lipinski definition) is 4. The molecule has 0 aromatic carbocycles. The average molecular weight is 1810 g/mol. The van der Waals surface area contributed by atoms with E-state index in [1.165, 1.54) is 205 Å². The number of carbonyl (C=O) groups excluding carboxylic acids is 3. The lowest BCUT2D eigenvalue weighted by molar-refractivity contribution is -0.161. The molecule has 16 nitrogen and oxygen atoms in total. The Morgan fingerprint density at radius 2 is 0.394 bits per heavy atom. The highest BCUT2D eigenvalue weighted by Gasteiger charge is 2.30. The van der Waals surface area contributed by atoms with E-state index in [9.17, 15) is 43.5 Å². The van der Waals surface area contributed by atoms with E-state index in [1.807, 2.05) is 0 Å². The standard InChI is InChI=1S/C109H186O16P2/c1-4-7-10-13-16-19-22-25-28-31-34-37-40-43-45-47-49-51-53-55-57-60-62-65-68-71-74-77-80-83-86-89-92-95-107(112)119-98-104(110)99-121-126(115,116)122-100-105(111)101-123-127(117,118)124-103-106(125-109(114)97-94-91-88-85-82-79-76-73-70-67-64-59-42-39-36-33-30-27-24-21-18-15-12-9-6-3)102-120-108(113)96-93-90-87-84-81-78-75-72-69-66-63-61-58-56-54-52-50-48-46-44-41-38-35-32-29-26-23-20-17-14-11-8-5-2/h7-12,16-21,25-30,34-39,43-46,59,64,104-106,110-111H,4-6,13-15,22-24,31-33,40-42,47-58,60-63,65-103H2,1-3H3,(H,115,116)(H,117,118)/b10-7-,11-8-,12-9-,19-16-,20-17-,21-18-,28-25-,29-26-,30-27-,37-34-,38-35-,39-36-,45-43-,46-44-,64-59-. The summed E-state index contributed by atoms with van der Waals surface area (Å²) in [5, 5.41) is 20.8. The Morgan fingerprint density at radius 3 is 0.622 bits per heavy atom. The number of ether oxygens (including phenoxy) is 3. The van der Waals surface area contributed by atoms with Crippen LogP contribution < -0.4 is 0 Å². The van der Waals surface area contributed by atoms with Gasteiger partial charge < -0.3 is 34.2 Å². The van der Waals surface area contributed by atoms with Crippen LogP contribution in [0.3, 0.4) is 0 Å². The second-order valence-corrected chi connectivity index (χ2v) is 36.8. The molecule has 5 atom stereocenters. The molecule has 0 saturated carbocycles. The van der Waals surface area contributed by atoms with Gasteiger partial charge in [0.05, 0.1) is 26.4 Å². The molecule has 4 N–H and O–H groups in total. The maximum Gasteiger partial charge on any atom is 0.472 e. The molecule has 0 fully saturated rings. The SMILES string of the molecule is CC/C=C\C/C=C\C/C=C\C/C=C\C/C=C\CCCCCCCCCCCCCCCCCCCC(=O)OCC(O)COP(=O)(O)OCC(O)COP(=O)(O)OCC(COC(=O)CCCCCCCCCCCCCCCCCCC/C=C\C/C=C\C/C=C\C/C=C\C/C=C\CC)OC(=O)CCCCCCCCCCC/C=C\C/C=C\C/C=C\C/C=C\C/C=C\CC. The molecule has 18 heteroatoms. The maximum atomic E-state index is 13.1. The third-order valence-corrected chi connectivity index (χ3v) is 23.5. The van der Waals surface area contributed by atoms with Crippen LogP contribution in [0.25, 0.3) is 0 Å². The number of aliphatic hydroxyl groups excluding tert-OH is 2. The van der Waals surface area contributed by atoms with Crippen molar-refractivity contribution in [1.29, 1.82) is 0 Å². The van der Waals surface area contributed by atoms with E-state index in [4.69, 9.17) is 32.3 Å². The predicted octanol–water partition coefficient (Wildman–Crippen LogP) is 32.3. The normalized spacial score (nSPS) is 14.4. The number of carbonyl (C=O) groups is 3. The van der Waals surface area contributed by atoms with Crippen LogP contribution in [-0.2, 0) is 55.8 Å². The Hall–Kier alpha value is -5.35. The molecular weight excluding hydrogens is 1630 g/mol. The topological polar surface area (TPSA) is 231 Å². The smallest absolute Gasteiger partial charge is 0.463 e. The van der Waals surface area contributed by atoms with Crippen LogP contribution in [0.4, 0.5) is 0 Å². The summed E-state index contributed by atoms with van der Waals surface area (Å²) < 4.78 is 61.7. The molecule has 0 amide bonds. The molecule has 0 saturated heterocycles. The Bertz CT molecular complexity index is 3040. The summed E-state index contributed by atoms with van der Waals surface area (Å²) in [6.45, 7) is 2.41. The zero-order valence-corrected chi connectivity index (χ0v) is 82.4. The fraction of sp³-hybridized carbons (Fsp3) is 0.697. The quantitative estimate of drug-likeness (QED) is 0.0146. The molecule has 0 aromatic rings. The molecule has 0 heterocycles. The monoisotopic (exact) mass is 1810 g/mol. The van der Waals surface area contributed by atoms with Gasteiger partial charge in [0, 0.05) is 19.3 Å². The summed E-state index contributed by atoms with van der Waals surface area (Å²) >= 11 is 0.